The molecule has 1 aromatic heterocycles. The number of halogens is 1. The fraction of sp³-hybridized carbons (Fsp3) is 0.190. The molecule has 0 saturated heterocycles. The summed E-state index contributed by atoms with van der Waals surface area (Å²) in [7, 11) is 0. The highest BCUT2D eigenvalue weighted by Gasteiger charge is 2.19. The summed E-state index contributed by atoms with van der Waals surface area (Å²) in [5.74, 6) is -1.15. The van der Waals surface area contributed by atoms with Gasteiger partial charge in [0.2, 0.25) is 0 Å². The zero-order chi connectivity index (χ0) is 20.3. The molecule has 0 spiro atoms. The lowest BCUT2D eigenvalue weighted by atomic mass is 10.1. The predicted octanol–water partition coefficient (Wildman–Crippen LogP) is 2.46. The third-order valence-corrected chi connectivity index (χ3v) is 4.21. The van der Waals surface area contributed by atoms with Gasteiger partial charge in [-0.3, -0.25) is 9.59 Å². The molecule has 3 rings (SSSR count). The summed E-state index contributed by atoms with van der Waals surface area (Å²) in [6.07, 6.45) is 0. The molecule has 0 aliphatic heterocycles. The number of amides is 1. The maximum atomic E-state index is 13.7. The number of aliphatic hydroxyl groups excluding tert-OH is 1. The third-order valence-electron chi connectivity index (χ3n) is 4.21. The number of aliphatic hydroxyl groups is 1. The molecule has 144 valence electrons. The van der Waals surface area contributed by atoms with Crippen molar-refractivity contribution >= 4 is 5.91 Å². The molecule has 7 heteroatoms. The highest BCUT2D eigenvalue weighted by Crippen LogP contribution is 2.19. The molecule has 1 atom stereocenters. The van der Waals surface area contributed by atoms with Crippen LogP contribution in [0.5, 0.6) is 0 Å². The van der Waals surface area contributed by atoms with Crippen molar-refractivity contribution in [1.29, 1.82) is 0 Å². The lowest BCUT2D eigenvalue weighted by Crippen LogP contribution is -2.39. The van der Waals surface area contributed by atoms with E-state index in [9.17, 15) is 14.0 Å². The summed E-state index contributed by atoms with van der Waals surface area (Å²) in [6.45, 7) is 3.30. The molecule has 2 aromatic carbocycles. The van der Waals surface area contributed by atoms with Crippen LogP contribution >= 0.6 is 0 Å². The molecule has 0 aliphatic rings. The highest BCUT2D eigenvalue weighted by atomic mass is 19.1. The molecular weight excluding hydrogens is 361 g/mol. The zero-order valence-electron chi connectivity index (χ0n) is 15.5. The molecule has 28 heavy (non-hydrogen) atoms. The molecule has 0 saturated carbocycles. The molecule has 0 fully saturated rings. The van der Waals surface area contributed by atoms with Gasteiger partial charge in [0.15, 0.2) is 0 Å². The van der Waals surface area contributed by atoms with Crippen LogP contribution in [0.1, 0.15) is 22.8 Å². The van der Waals surface area contributed by atoms with E-state index >= 15 is 0 Å². The van der Waals surface area contributed by atoms with Gasteiger partial charge in [-0.05, 0) is 38.1 Å². The Morgan fingerprint density at radius 2 is 1.93 bits per heavy atom. The number of carbonyl (C=O) groups excluding carboxylic acids is 1. The van der Waals surface area contributed by atoms with Gasteiger partial charge < -0.3 is 10.4 Å². The summed E-state index contributed by atoms with van der Waals surface area (Å²) in [6, 6.07) is 13.8. The number of hydrogen-bond acceptors (Lipinski definition) is 4. The van der Waals surface area contributed by atoms with E-state index in [2.05, 4.69) is 10.4 Å². The number of nitrogens with zero attached hydrogens (tertiary/aromatic N) is 2. The van der Waals surface area contributed by atoms with Gasteiger partial charge in [0.25, 0.3) is 11.5 Å². The van der Waals surface area contributed by atoms with E-state index in [0.29, 0.717) is 11.3 Å². The second kappa shape index (κ2) is 8.14. The first-order valence-electron chi connectivity index (χ1n) is 8.78. The second-order valence-corrected chi connectivity index (χ2v) is 6.56. The summed E-state index contributed by atoms with van der Waals surface area (Å²) >= 11 is 0. The van der Waals surface area contributed by atoms with Crippen LogP contribution in [0.4, 0.5) is 4.39 Å². The topological polar surface area (TPSA) is 84.2 Å². The van der Waals surface area contributed by atoms with Crippen LogP contribution in [0.15, 0.2) is 59.4 Å². The van der Waals surface area contributed by atoms with Crippen molar-refractivity contribution in [3.05, 3.63) is 81.9 Å². The number of nitrogens with one attached hydrogen (secondary N) is 1. The van der Waals surface area contributed by atoms with Crippen molar-refractivity contribution in [2.45, 2.75) is 19.9 Å². The Morgan fingerprint density at radius 1 is 1.21 bits per heavy atom. The molecule has 2 N–H and O–H groups in total. The van der Waals surface area contributed by atoms with Crippen LogP contribution in [0.2, 0.25) is 0 Å². The van der Waals surface area contributed by atoms with Gasteiger partial charge in [0.1, 0.15) is 11.4 Å². The number of benzene rings is 2. The van der Waals surface area contributed by atoms with E-state index in [1.807, 2.05) is 31.2 Å². The fourth-order valence-electron chi connectivity index (χ4n) is 2.65. The number of carbonyl (C=O) groups is 1. The maximum absolute atomic E-state index is 13.7. The summed E-state index contributed by atoms with van der Waals surface area (Å²) in [5.41, 5.74) is 1.55. The van der Waals surface area contributed by atoms with Crippen LogP contribution < -0.4 is 10.9 Å². The molecule has 1 amide bonds. The standard InChI is InChI=1S/C21H20FN3O3/c1-13-6-8-15(9-7-13)19-11-18(20(27)23-14(2)12-26)21(28)25(24-19)17-5-3-4-16(22)10-17/h3-11,14,26H,12H2,1-2H3,(H,23,27)/t14-/m1/s1. The van der Waals surface area contributed by atoms with Crippen LogP contribution in [0.3, 0.4) is 0 Å². The van der Waals surface area contributed by atoms with Crippen molar-refractivity contribution in [2.75, 3.05) is 6.61 Å². The third kappa shape index (κ3) is 4.15. The number of rotatable bonds is 5. The lowest BCUT2D eigenvalue weighted by Gasteiger charge is -2.13. The summed E-state index contributed by atoms with van der Waals surface area (Å²) < 4.78 is 14.7. The van der Waals surface area contributed by atoms with Crippen LogP contribution in [0.25, 0.3) is 16.9 Å². The van der Waals surface area contributed by atoms with Crippen molar-refractivity contribution in [2.24, 2.45) is 0 Å². The number of aryl methyl sites for hydroxylation is 1. The van der Waals surface area contributed by atoms with Gasteiger partial charge in [-0.2, -0.15) is 9.78 Å². The van der Waals surface area contributed by atoms with E-state index in [4.69, 9.17) is 5.11 Å². The molecular formula is C21H20FN3O3. The van der Waals surface area contributed by atoms with Gasteiger partial charge in [-0.25, -0.2) is 4.39 Å². The Bertz CT molecular complexity index is 1060. The van der Waals surface area contributed by atoms with Gasteiger partial charge in [-0.1, -0.05) is 35.9 Å². The lowest BCUT2D eigenvalue weighted by molar-refractivity contribution is 0.0920. The zero-order valence-corrected chi connectivity index (χ0v) is 15.5. The normalized spacial score (nSPS) is 11.9. The average Bonchev–Trinajstić information content (AvgIpc) is 2.68. The highest BCUT2D eigenvalue weighted by molar-refractivity contribution is 5.95. The monoisotopic (exact) mass is 381 g/mol. The first-order valence-corrected chi connectivity index (χ1v) is 8.78. The average molecular weight is 381 g/mol. The van der Waals surface area contributed by atoms with E-state index in [-0.39, 0.29) is 17.9 Å². The van der Waals surface area contributed by atoms with E-state index in [0.717, 1.165) is 10.2 Å². The minimum absolute atomic E-state index is 0.143. The number of aromatic nitrogens is 2. The van der Waals surface area contributed by atoms with Gasteiger partial charge in [0.05, 0.1) is 18.0 Å². The Morgan fingerprint density at radius 3 is 2.57 bits per heavy atom. The molecule has 0 aliphatic carbocycles. The SMILES string of the molecule is Cc1ccc(-c2cc(C(=O)N[C@H](C)CO)c(=O)n(-c3cccc(F)c3)n2)cc1. The Hall–Kier alpha value is -3.32. The molecule has 0 unspecified atom stereocenters. The quantitative estimate of drug-likeness (QED) is 0.711. The number of hydrogen-bond donors (Lipinski definition) is 2. The van der Waals surface area contributed by atoms with E-state index in [1.54, 1.807) is 6.92 Å². The van der Waals surface area contributed by atoms with Crippen molar-refractivity contribution in [1.82, 2.24) is 15.1 Å². The van der Waals surface area contributed by atoms with Crippen molar-refractivity contribution < 1.29 is 14.3 Å². The van der Waals surface area contributed by atoms with Crippen LogP contribution in [0, 0.1) is 12.7 Å². The van der Waals surface area contributed by atoms with Crippen molar-refractivity contribution in [3.63, 3.8) is 0 Å². The molecule has 3 aromatic rings. The Balaban J connectivity index is 2.19. The van der Waals surface area contributed by atoms with Gasteiger partial charge in [-0.15, -0.1) is 0 Å². The first kappa shape index (κ1) is 19.4. The van der Waals surface area contributed by atoms with Crippen LogP contribution in [-0.4, -0.2) is 33.4 Å². The predicted molar refractivity (Wildman–Crippen MR) is 104 cm³/mol. The van der Waals surface area contributed by atoms with Gasteiger partial charge in [0, 0.05) is 11.6 Å². The Kier molecular flexibility index (Phi) is 5.65. The molecule has 0 radical (unpaired) electrons. The summed E-state index contributed by atoms with van der Waals surface area (Å²) in [5, 5.41) is 16.1. The van der Waals surface area contributed by atoms with E-state index < -0.39 is 23.3 Å². The maximum Gasteiger partial charge on any atom is 0.284 e. The van der Waals surface area contributed by atoms with Gasteiger partial charge >= 0.3 is 0 Å². The van der Waals surface area contributed by atoms with Crippen LogP contribution in [-0.2, 0) is 0 Å². The minimum atomic E-state index is -0.677. The molecule has 0 bridgehead atoms. The largest absolute Gasteiger partial charge is 0.394 e. The first-order chi connectivity index (χ1) is 13.4. The van der Waals surface area contributed by atoms with Crippen molar-refractivity contribution in [3.8, 4) is 16.9 Å². The second-order valence-electron chi connectivity index (χ2n) is 6.56. The molecule has 1 heterocycles. The smallest absolute Gasteiger partial charge is 0.284 e. The summed E-state index contributed by atoms with van der Waals surface area (Å²) in [4.78, 5) is 25.5. The van der Waals surface area contributed by atoms with E-state index in [1.165, 1.54) is 30.3 Å². The molecule has 6 nitrogen and oxygen atoms in total. The minimum Gasteiger partial charge on any atom is -0.394 e. The Labute approximate surface area is 161 Å². The fourth-order valence-corrected chi connectivity index (χ4v) is 2.65.